The molecule has 0 saturated heterocycles. The van der Waals surface area contributed by atoms with Crippen LogP contribution in [0.5, 0.6) is 0 Å². The number of aromatic nitrogens is 1. The molecule has 1 heterocycles. The fourth-order valence-electron chi connectivity index (χ4n) is 1.50. The zero-order chi connectivity index (χ0) is 13.0. The molecule has 0 N–H and O–H groups in total. The molecule has 3 nitrogen and oxygen atoms in total. The molecule has 0 saturated carbocycles. The number of ketones is 1. The Morgan fingerprint density at radius 3 is 2.78 bits per heavy atom. The average molecular weight is 277 g/mol. The number of nitriles is 1. The summed E-state index contributed by atoms with van der Waals surface area (Å²) in [5.41, 5.74) is 1.74. The smallest absolute Gasteiger partial charge is 0.171 e. The van der Waals surface area contributed by atoms with E-state index in [0.717, 1.165) is 11.3 Å². The normalized spacial score (nSPS) is 11.8. The van der Waals surface area contributed by atoms with Gasteiger partial charge >= 0.3 is 0 Å². The molecule has 2 rings (SSSR count). The van der Waals surface area contributed by atoms with E-state index in [0.29, 0.717) is 5.01 Å². The maximum absolute atomic E-state index is 11.5. The van der Waals surface area contributed by atoms with Crippen LogP contribution in [0.2, 0.25) is 0 Å². The van der Waals surface area contributed by atoms with Crippen molar-refractivity contribution in [2.45, 2.75) is 5.92 Å². The highest BCUT2D eigenvalue weighted by atomic mass is 35.5. The van der Waals surface area contributed by atoms with Crippen LogP contribution in [-0.2, 0) is 4.79 Å². The molecule has 5 heteroatoms. The average Bonchev–Trinajstić information content (AvgIpc) is 2.90. The number of rotatable bonds is 4. The lowest BCUT2D eigenvalue weighted by Crippen LogP contribution is -2.11. The third kappa shape index (κ3) is 2.58. The highest BCUT2D eigenvalue weighted by Crippen LogP contribution is 2.26. The first-order valence-corrected chi connectivity index (χ1v) is 6.67. The van der Waals surface area contributed by atoms with E-state index < -0.39 is 5.92 Å². The lowest BCUT2D eigenvalue weighted by Gasteiger charge is -2.00. The van der Waals surface area contributed by atoms with E-state index in [4.69, 9.17) is 16.9 Å². The largest absolute Gasteiger partial charge is 0.296 e. The summed E-state index contributed by atoms with van der Waals surface area (Å²) < 4.78 is 0. The number of thiazole rings is 1. The van der Waals surface area contributed by atoms with Crippen molar-refractivity contribution in [1.29, 1.82) is 5.26 Å². The second kappa shape index (κ2) is 5.76. The molecule has 2 aromatic rings. The van der Waals surface area contributed by atoms with Crippen molar-refractivity contribution in [1.82, 2.24) is 4.98 Å². The van der Waals surface area contributed by atoms with Crippen LogP contribution in [0.3, 0.4) is 0 Å². The number of carbonyl (C=O) groups excluding carboxylic acids is 1. The monoisotopic (exact) mass is 276 g/mol. The van der Waals surface area contributed by atoms with Crippen LogP contribution in [0, 0.1) is 11.3 Å². The Hall–Kier alpha value is -1.70. The summed E-state index contributed by atoms with van der Waals surface area (Å²) in [6.45, 7) is 0. The lowest BCUT2D eigenvalue weighted by molar-refractivity contribution is -0.117. The molecular formula is C13H9ClN2OS. The SMILES string of the molecule is N#C[C@@H](C(=O)CCl)c1nc(-c2ccccc2)cs1. The van der Waals surface area contributed by atoms with Gasteiger partial charge in [-0.05, 0) is 0 Å². The Balaban J connectivity index is 2.31. The van der Waals surface area contributed by atoms with Crippen molar-refractivity contribution < 1.29 is 4.79 Å². The maximum Gasteiger partial charge on any atom is 0.171 e. The van der Waals surface area contributed by atoms with Crippen LogP contribution in [0.25, 0.3) is 11.3 Å². The molecule has 1 aromatic heterocycles. The number of hydrogen-bond donors (Lipinski definition) is 0. The van der Waals surface area contributed by atoms with Crippen molar-refractivity contribution in [3.05, 3.63) is 40.7 Å². The molecule has 0 aliphatic rings. The van der Waals surface area contributed by atoms with Crippen LogP contribution >= 0.6 is 22.9 Å². The standard InChI is InChI=1S/C13H9ClN2OS/c14-6-12(17)10(7-15)13-16-11(8-18-13)9-4-2-1-3-5-9/h1-5,8,10H,6H2/t10-/m0/s1. The highest BCUT2D eigenvalue weighted by molar-refractivity contribution is 7.10. The molecule has 18 heavy (non-hydrogen) atoms. The molecule has 0 aliphatic carbocycles. The molecule has 0 spiro atoms. The van der Waals surface area contributed by atoms with Gasteiger partial charge < -0.3 is 0 Å². The molecule has 0 aliphatic heterocycles. The molecule has 90 valence electrons. The van der Waals surface area contributed by atoms with Crippen molar-refractivity contribution in [2.24, 2.45) is 0 Å². The number of halogens is 1. The summed E-state index contributed by atoms with van der Waals surface area (Å²) in [7, 11) is 0. The molecule has 1 atom stereocenters. The van der Waals surface area contributed by atoms with E-state index in [-0.39, 0.29) is 11.7 Å². The minimum absolute atomic E-state index is 0.168. The Morgan fingerprint density at radius 1 is 1.44 bits per heavy atom. The van der Waals surface area contributed by atoms with Gasteiger partial charge in [-0.25, -0.2) is 4.98 Å². The van der Waals surface area contributed by atoms with Gasteiger partial charge in [0.1, 0.15) is 5.01 Å². The summed E-state index contributed by atoms with van der Waals surface area (Å²) in [5.74, 6) is -1.34. The summed E-state index contributed by atoms with van der Waals surface area (Å²) in [6, 6.07) is 11.6. The molecule has 0 fully saturated rings. The Kier molecular flexibility index (Phi) is 4.08. The van der Waals surface area contributed by atoms with Crippen molar-refractivity contribution in [3.63, 3.8) is 0 Å². The van der Waals surface area contributed by atoms with Gasteiger partial charge in [-0.1, -0.05) is 30.3 Å². The third-order valence-corrected chi connectivity index (χ3v) is 3.59. The number of Topliss-reactive ketones (excluding diaryl/α,β-unsaturated/α-hetero) is 1. The van der Waals surface area contributed by atoms with E-state index >= 15 is 0 Å². The van der Waals surface area contributed by atoms with Gasteiger partial charge in [-0.15, -0.1) is 22.9 Å². The molecule has 0 unspecified atom stereocenters. The summed E-state index contributed by atoms with van der Waals surface area (Å²) in [4.78, 5) is 15.8. The van der Waals surface area contributed by atoms with Crippen LogP contribution in [-0.4, -0.2) is 16.6 Å². The number of nitrogens with zero attached hydrogens (tertiary/aromatic N) is 2. The zero-order valence-electron chi connectivity index (χ0n) is 9.34. The first-order chi connectivity index (χ1) is 8.76. The fraction of sp³-hybridized carbons (Fsp3) is 0.154. The summed E-state index contributed by atoms with van der Waals surface area (Å²) >= 11 is 6.78. The minimum atomic E-state index is -0.857. The number of carbonyl (C=O) groups is 1. The van der Waals surface area contributed by atoms with E-state index in [1.54, 1.807) is 0 Å². The Bertz CT molecular complexity index is 589. The predicted octanol–water partition coefficient (Wildman–Crippen LogP) is 3.23. The maximum atomic E-state index is 11.5. The van der Waals surface area contributed by atoms with Crippen LogP contribution in [0.4, 0.5) is 0 Å². The summed E-state index contributed by atoms with van der Waals surface area (Å²) in [5, 5.41) is 11.3. The second-order valence-corrected chi connectivity index (χ2v) is 4.76. The molecular weight excluding hydrogens is 268 g/mol. The van der Waals surface area contributed by atoms with Gasteiger partial charge in [0.05, 0.1) is 17.6 Å². The molecule has 0 bridgehead atoms. The molecule has 0 radical (unpaired) electrons. The van der Waals surface area contributed by atoms with Gasteiger partial charge in [-0.3, -0.25) is 4.79 Å². The highest BCUT2D eigenvalue weighted by Gasteiger charge is 2.22. The molecule has 1 aromatic carbocycles. The van der Waals surface area contributed by atoms with Crippen LogP contribution in [0.15, 0.2) is 35.7 Å². The van der Waals surface area contributed by atoms with Gasteiger partial charge in [0.15, 0.2) is 11.7 Å². The van der Waals surface area contributed by atoms with Gasteiger partial charge in [0.2, 0.25) is 0 Å². The minimum Gasteiger partial charge on any atom is -0.296 e. The second-order valence-electron chi connectivity index (χ2n) is 3.60. The van der Waals surface area contributed by atoms with Crippen LogP contribution in [0.1, 0.15) is 10.9 Å². The number of benzene rings is 1. The number of alkyl halides is 1. The topological polar surface area (TPSA) is 53.8 Å². The van der Waals surface area contributed by atoms with E-state index in [1.807, 2.05) is 41.8 Å². The quantitative estimate of drug-likeness (QED) is 0.806. The van der Waals surface area contributed by atoms with Crippen LogP contribution < -0.4 is 0 Å². The first-order valence-electron chi connectivity index (χ1n) is 5.25. The Labute approximate surface area is 114 Å². The predicted molar refractivity (Wildman–Crippen MR) is 71.6 cm³/mol. The van der Waals surface area contributed by atoms with E-state index in [9.17, 15) is 4.79 Å². The summed E-state index contributed by atoms with van der Waals surface area (Å²) in [6.07, 6.45) is 0. The van der Waals surface area contributed by atoms with Crippen molar-refractivity contribution in [2.75, 3.05) is 5.88 Å². The van der Waals surface area contributed by atoms with Gasteiger partial charge in [0, 0.05) is 10.9 Å². The Morgan fingerprint density at radius 2 is 2.17 bits per heavy atom. The lowest BCUT2D eigenvalue weighted by atomic mass is 10.1. The van der Waals surface area contributed by atoms with Crippen molar-refractivity contribution >= 4 is 28.7 Å². The van der Waals surface area contributed by atoms with Gasteiger partial charge in [0.25, 0.3) is 0 Å². The zero-order valence-corrected chi connectivity index (χ0v) is 10.9. The first kappa shape index (κ1) is 12.7. The fourth-order valence-corrected chi connectivity index (χ4v) is 2.55. The van der Waals surface area contributed by atoms with Gasteiger partial charge in [-0.2, -0.15) is 5.26 Å². The van der Waals surface area contributed by atoms with E-state index in [1.165, 1.54) is 11.3 Å². The van der Waals surface area contributed by atoms with Crippen molar-refractivity contribution in [3.8, 4) is 17.3 Å². The third-order valence-electron chi connectivity index (χ3n) is 2.42. The molecule has 0 amide bonds. The number of hydrogen-bond acceptors (Lipinski definition) is 4. The van der Waals surface area contributed by atoms with E-state index in [2.05, 4.69) is 4.98 Å².